The van der Waals surface area contributed by atoms with Gasteiger partial charge in [0.05, 0.1) is 24.2 Å². The number of benzene rings is 1. The number of methoxy groups -OCH3 is 1. The highest BCUT2D eigenvalue weighted by Gasteiger charge is 2.24. The zero-order valence-corrected chi connectivity index (χ0v) is 18.6. The lowest BCUT2D eigenvalue weighted by Gasteiger charge is -2.26. The van der Waals surface area contributed by atoms with Gasteiger partial charge < -0.3 is 10.1 Å². The van der Waals surface area contributed by atoms with E-state index in [1.807, 2.05) is 38.1 Å². The standard InChI is InChI=1S/C22H27N5O2S/c1-13-8-10-16(11-9-13)24-21(28)20-14(2)23-22(30-20)19-15(3)27(26-25-19)17-6-5-7-18(12-17)29-4/h5-7,12-13,16H,8-11H2,1-4H3,(H,24,28). The summed E-state index contributed by atoms with van der Waals surface area (Å²) in [6.07, 6.45) is 4.44. The number of amides is 1. The molecule has 0 spiro atoms. The third kappa shape index (κ3) is 4.09. The van der Waals surface area contributed by atoms with E-state index in [9.17, 15) is 4.79 Å². The molecule has 1 amide bonds. The second-order valence-corrected chi connectivity index (χ2v) is 9.00. The molecule has 4 rings (SSSR count). The lowest BCUT2D eigenvalue weighted by Crippen LogP contribution is -2.37. The van der Waals surface area contributed by atoms with Crippen LogP contribution in [0.3, 0.4) is 0 Å². The molecule has 7 nitrogen and oxygen atoms in total. The van der Waals surface area contributed by atoms with Crippen LogP contribution in [0.15, 0.2) is 24.3 Å². The van der Waals surface area contributed by atoms with Gasteiger partial charge in [0.1, 0.15) is 21.3 Å². The van der Waals surface area contributed by atoms with E-state index in [0.29, 0.717) is 15.6 Å². The zero-order chi connectivity index (χ0) is 21.3. The molecule has 1 aliphatic rings. The van der Waals surface area contributed by atoms with Gasteiger partial charge in [0.2, 0.25) is 0 Å². The molecule has 0 unspecified atom stereocenters. The van der Waals surface area contributed by atoms with Crippen LogP contribution < -0.4 is 10.1 Å². The Labute approximate surface area is 180 Å². The summed E-state index contributed by atoms with van der Waals surface area (Å²) in [6, 6.07) is 7.91. The maximum atomic E-state index is 12.8. The first kappa shape index (κ1) is 20.5. The summed E-state index contributed by atoms with van der Waals surface area (Å²) in [6.45, 7) is 6.10. The van der Waals surface area contributed by atoms with Crippen LogP contribution >= 0.6 is 11.3 Å². The third-order valence-corrected chi connectivity index (χ3v) is 6.91. The average molecular weight is 426 g/mol. The summed E-state index contributed by atoms with van der Waals surface area (Å²) in [7, 11) is 1.64. The maximum absolute atomic E-state index is 12.8. The summed E-state index contributed by atoms with van der Waals surface area (Å²) in [5.74, 6) is 1.48. The van der Waals surface area contributed by atoms with Crippen molar-refractivity contribution in [1.29, 1.82) is 0 Å². The molecule has 3 aromatic rings. The van der Waals surface area contributed by atoms with Crippen LogP contribution in [-0.2, 0) is 0 Å². The van der Waals surface area contributed by atoms with Crippen LogP contribution in [0.2, 0.25) is 0 Å². The van der Waals surface area contributed by atoms with Gasteiger partial charge in [0, 0.05) is 12.1 Å². The first-order valence-electron chi connectivity index (χ1n) is 10.3. The molecule has 8 heteroatoms. The van der Waals surface area contributed by atoms with E-state index in [2.05, 4.69) is 27.5 Å². The summed E-state index contributed by atoms with van der Waals surface area (Å²) in [5.41, 5.74) is 3.15. The number of nitrogens with one attached hydrogen (secondary N) is 1. The van der Waals surface area contributed by atoms with Gasteiger partial charge in [-0.05, 0) is 57.6 Å². The molecule has 0 radical (unpaired) electrons. The van der Waals surface area contributed by atoms with E-state index >= 15 is 0 Å². The minimum absolute atomic E-state index is 0.0337. The molecular weight excluding hydrogens is 398 g/mol. The lowest BCUT2D eigenvalue weighted by atomic mass is 9.87. The quantitative estimate of drug-likeness (QED) is 0.658. The van der Waals surface area contributed by atoms with Gasteiger partial charge in [-0.3, -0.25) is 4.79 Å². The smallest absolute Gasteiger partial charge is 0.263 e. The fourth-order valence-electron chi connectivity index (χ4n) is 3.88. The molecule has 1 aromatic carbocycles. The first-order valence-corrected chi connectivity index (χ1v) is 11.1. The molecule has 1 aliphatic carbocycles. The minimum atomic E-state index is -0.0337. The molecular formula is C22H27N5O2S. The van der Waals surface area contributed by atoms with Gasteiger partial charge >= 0.3 is 0 Å². The molecule has 2 heterocycles. The number of aromatic nitrogens is 4. The van der Waals surface area contributed by atoms with E-state index in [4.69, 9.17) is 4.74 Å². The Kier molecular flexibility index (Phi) is 5.85. The number of aryl methyl sites for hydroxylation is 1. The Bertz CT molecular complexity index is 1050. The SMILES string of the molecule is COc1cccc(-n2nnc(-c3nc(C)c(C(=O)NC4CCC(C)CC4)s3)c2C)c1. The van der Waals surface area contributed by atoms with Crippen molar-refractivity contribution in [2.45, 2.75) is 52.5 Å². The van der Waals surface area contributed by atoms with Gasteiger partial charge in [0.25, 0.3) is 5.91 Å². The fraction of sp³-hybridized carbons (Fsp3) is 0.455. The highest BCUT2D eigenvalue weighted by molar-refractivity contribution is 7.17. The van der Waals surface area contributed by atoms with E-state index < -0.39 is 0 Å². The maximum Gasteiger partial charge on any atom is 0.263 e. The largest absolute Gasteiger partial charge is 0.497 e. The number of carbonyl (C=O) groups is 1. The summed E-state index contributed by atoms with van der Waals surface area (Å²) in [4.78, 5) is 18.1. The average Bonchev–Trinajstić information content (AvgIpc) is 3.32. The van der Waals surface area contributed by atoms with Crippen LogP contribution in [0, 0.1) is 19.8 Å². The molecule has 0 bridgehead atoms. The Hall–Kier alpha value is -2.74. The first-order chi connectivity index (χ1) is 14.5. The Morgan fingerprint density at radius 1 is 1.23 bits per heavy atom. The van der Waals surface area contributed by atoms with Crippen LogP contribution in [0.25, 0.3) is 16.4 Å². The molecule has 0 atom stereocenters. The molecule has 2 aromatic heterocycles. The van der Waals surface area contributed by atoms with Crippen molar-refractivity contribution in [3.8, 4) is 22.1 Å². The molecule has 0 saturated heterocycles. The lowest BCUT2D eigenvalue weighted by molar-refractivity contribution is 0.0926. The van der Waals surface area contributed by atoms with Gasteiger partial charge in [-0.2, -0.15) is 0 Å². The van der Waals surface area contributed by atoms with Crippen molar-refractivity contribution in [3.63, 3.8) is 0 Å². The number of nitrogens with zero attached hydrogens (tertiary/aromatic N) is 4. The number of hydrogen-bond donors (Lipinski definition) is 1. The molecule has 1 fully saturated rings. The van der Waals surface area contributed by atoms with Crippen LogP contribution in [-0.4, -0.2) is 39.0 Å². The summed E-state index contributed by atoms with van der Waals surface area (Å²) >= 11 is 1.38. The van der Waals surface area contributed by atoms with Crippen LogP contribution in [0.5, 0.6) is 5.75 Å². The Balaban J connectivity index is 1.56. The van der Waals surface area contributed by atoms with Gasteiger partial charge in [0.15, 0.2) is 0 Å². The highest BCUT2D eigenvalue weighted by Crippen LogP contribution is 2.30. The van der Waals surface area contributed by atoms with E-state index in [-0.39, 0.29) is 11.9 Å². The van der Waals surface area contributed by atoms with Crippen LogP contribution in [0.1, 0.15) is 53.7 Å². The highest BCUT2D eigenvalue weighted by atomic mass is 32.1. The van der Waals surface area contributed by atoms with Crippen molar-refractivity contribution in [1.82, 2.24) is 25.3 Å². The number of ether oxygens (including phenoxy) is 1. The summed E-state index contributed by atoms with van der Waals surface area (Å²) in [5, 5.41) is 12.5. The number of hydrogen-bond acceptors (Lipinski definition) is 6. The number of carbonyl (C=O) groups excluding carboxylic acids is 1. The normalized spacial score (nSPS) is 18.9. The molecule has 30 heavy (non-hydrogen) atoms. The van der Waals surface area contributed by atoms with Crippen LogP contribution in [0.4, 0.5) is 0 Å². The molecule has 0 aliphatic heterocycles. The topological polar surface area (TPSA) is 81.9 Å². The van der Waals surface area contributed by atoms with Gasteiger partial charge in [-0.1, -0.05) is 18.2 Å². The number of rotatable bonds is 5. The van der Waals surface area contributed by atoms with E-state index in [1.54, 1.807) is 11.8 Å². The fourth-order valence-corrected chi connectivity index (χ4v) is 4.88. The minimum Gasteiger partial charge on any atom is -0.497 e. The predicted octanol–water partition coefficient (Wildman–Crippen LogP) is 4.32. The second-order valence-electron chi connectivity index (χ2n) is 8.00. The van der Waals surface area contributed by atoms with Crippen molar-refractivity contribution in [3.05, 3.63) is 40.5 Å². The number of thiazole rings is 1. The monoisotopic (exact) mass is 425 g/mol. The van der Waals surface area contributed by atoms with Crippen molar-refractivity contribution >= 4 is 17.2 Å². The van der Waals surface area contributed by atoms with E-state index in [1.165, 1.54) is 24.2 Å². The molecule has 158 valence electrons. The Morgan fingerprint density at radius 3 is 2.73 bits per heavy atom. The van der Waals surface area contributed by atoms with E-state index in [0.717, 1.165) is 41.6 Å². The van der Waals surface area contributed by atoms with Gasteiger partial charge in [-0.25, -0.2) is 9.67 Å². The Morgan fingerprint density at radius 2 is 2.00 bits per heavy atom. The summed E-state index contributed by atoms with van der Waals surface area (Å²) < 4.78 is 7.07. The third-order valence-electron chi connectivity index (χ3n) is 5.75. The van der Waals surface area contributed by atoms with Crippen molar-refractivity contribution in [2.24, 2.45) is 5.92 Å². The molecule has 1 saturated carbocycles. The van der Waals surface area contributed by atoms with Gasteiger partial charge in [-0.15, -0.1) is 16.4 Å². The predicted molar refractivity (Wildman–Crippen MR) is 117 cm³/mol. The van der Waals surface area contributed by atoms with Crippen molar-refractivity contribution < 1.29 is 9.53 Å². The van der Waals surface area contributed by atoms with Crippen molar-refractivity contribution in [2.75, 3.05) is 7.11 Å². The molecule has 1 N–H and O–H groups in total. The zero-order valence-electron chi connectivity index (χ0n) is 17.8. The second kappa shape index (κ2) is 8.55.